The van der Waals surface area contributed by atoms with Crippen LogP contribution in [0.25, 0.3) is 0 Å². The highest BCUT2D eigenvalue weighted by Gasteiger charge is 2.38. The smallest absolute Gasteiger partial charge is 0.241 e. The van der Waals surface area contributed by atoms with Gasteiger partial charge < -0.3 is 8.85 Å². The summed E-state index contributed by atoms with van der Waals surface area (Å²) < 4.78 is 11.9. The molecule has 0 heterocycles. The molecule has 0 radical (unpaired) electrons. The van der Waals surface area contributed by atoms with E-state index in [0.29, 0.717) is 0 Å². The second kappa shape index (κ2) is 5.72. The van der Waals surface area contributed by atoms with Crippen molar-refractivity contribution in [1.29, 1.82) is 0 Å². The van der Waals surface area contributed by atoms with E-state index in [1.54, 1.807) is 0 Å². The lowest BCUT2D eigenvalue weighted by Crippen LogP contribution is -2.42. The lowest BCUT2D eigenvalue weighted by atomic mass is 10.2. The molecule has 0 aromatic rings. The fourth-order valence-electron chi connectivity index (χ4n) is 1.03. The van der Waals surface area contributed by atoms with Crippen LogP contribution in [-0.2, 0) is 8.85 Å². The van der Waals surface area contributed by atoms with Gasteiger partial charge in [-0.1, -0.05) is 20.8 Å². The van der Waals surface area contributed by atoms with Gasteiger partial charge in [0.15, 0.2) is 8.32 Å². The van der Waals surface area contributed by atoms with Gasteiger partial charge in [-0.3, -0.25) is 0 Å². The van der Waals surface area contributed by atoms with Crippen molar-refractivity contribution in [2.75, 3.05) is 0 Å². The quantitative estimate of drug-likeness (QED) is 0.531. The summed E-state index contributed by atoms with van der Waals surface area (Å²) in [6.45, 7) is 19.9. The first-order chi connectivity index (χ1) is 7.35. The normalized spacial score (nSPS) is 16.3. The molecule has 0 saturated heterocycles. The van der Waals surface area contributed by atoms with Crippen molar-refractivity contribution in [2.45, 2.75) is 71.6 Å². The Bertz CT molecular complexity index is 260. The van der Waals surface area contributed by atoms with Crippen LogP contribution in [0, 0.1) is 0 Å². The molecule has 0 N–H and O–H groups in total. The van der Waals surface area contributed by atoms with E-state index in [1.807, 2.05) is 12.3 Å². The van der Waals surface area contributed by atoms with Gasteiger partial charge >= 0.3 is 0 Å². The average molecular weight is 275 g/mol. The predicted molar refractivity (Wildman–Crippen MR) is 81.3 cm³/mol. The topological polar surface area (TPSA) is 18.5 Å². The minimum absolute atomic E-state index is 0.132. The summed E-state index contributed by atoms with van der Waals surface area (Å²) in [6.07, 6.45) is 3.98. The van der Waals surface area contributed by atoms with Gasteiger partial charge in [-0.05, 0) is 50.8 Å². The van der Waals surface area contributed by atoms with Crippen molar-refractivity contribution in [3.63, 3.8) is 0 Å². The molecular weight excluding hydrogens is 244 g/mol. The zero-order valence-corrected chi connectivity index (χ0v) is 15.0. The number of hydrogen-bond donors (Lipinski definition) is 0. The summed E-state index contributed by atoms with van der Waals surface area (Å²) in [4.78, 5) is 0. The Morgan fingerprint density at radius 1 is 1.00 bits per heavy atom. The van der Waals surface area contributed by atoms with E-state index < -0.39 is 16.6 Å². The largest absolute Gasteiger partial charge is 0.550 e. The summed E-state index contributed by atoms with van der Waals surface area (Å²) >= 11 is 0. The van der Waals surface area contributed by atoms with Crippen molar-refractivity contribution in [2.24, 2.45) is 0 Å². The molecule has 0 spiro atoms. The van der Waals surface area contributed by atoms with Gasteiger partial charge in [0.05, 0.1) is 12.4 Å². The maximum atomic E-state index is 6.20. The fraction of sp³-hybridized carbons (Fsp3) is 0.846. The lowest BCUT2D eigenvalue weighted by Gasteiger charge is -2.37. The van der Waals surface area contributed by atoms with Crippen molar-refractivity contribution >= 4 is 16.6 Å². The molecule has 0 aromatic heterocycles. The van der Waals surface area contributed by atoms with Crippen molar-refractivity contribution in [3.05, 3.63) is 12.3 Å². The summed E-state index contributed by atoms with van der Waals surface area (Å²) in [5, 5.41) is 0.259. The van der Waals surface area contributed by atoms with Crippen LogP contribution in [0.15, 0.2) is 12.3 Å². The highest BCUT2D eigenvalue weighted by atomic mass is 28.4. The van der Waals surface area contributed by atoms with Gasteiger partial charge in [0.2, 0.25) is 8.32 Å². The van der Waals surface area contributed by atoms with E-state index in [0.717, 1.165) is 0 Å². The molecule has 1 atom stereocenters. The summed E-state index contributed by atoms with van der Waals surface area (Å²) in [5.74, 6) is 0. The standard InChI is InChI=1S/C13H30O2Si2/c1-12(10-11-14-16(5,6)7)15-17(8,9)13(2,3)4/h10-12H,1-9H3/b11-10+. The average Bonchev–Trinajstić information content (AvgIpc) is 1.97. The molecule has 0 amide bonds. The van der Waals surface area contributed by atoms with Crippen LogP contribution in [0.3, 0.4) is 0 Å². The first-order valence-corrected chi connectivity index (χ1v) is 12.7. The molecule has 0 saturated carbocycles. The van der Waals surface area contributed by atoms with Gasteiger partial charge in [-0.2, -0.15) is 0 Å². The summed E-state index contributed by atoms with van der Waals surface area (Å²) in [7, 11) is -3.11. The third kappa shape index (κ3) is 7.06. The maximum Gasteiger partial charge on any atom is 0.241 e. The van der Waals surface area contributed by atoms with Gasteiger partial charge in [0, 0.05) is 0 Å². The highest BCUT2D eigenvalue weighted by Crippen LogP contribution is 2.37. The van der Waals surface area contributed by atoms with Crippen LogP contribution in [0.5, 0.6) is 0 Å². The summed E-state index contributed by atoms with van der Waals surface area (Å²) in [5.41, 5.74) is 0. The van der Waals surface area contributed by atoms with Crippen molar-refractivity contribution in [3.8, 4) is 0 Å². The molecule has 102 valence electrons. The van der Waals surface area contributed by atoms with Crippen molar-refractivity contribution in [1.82, 2.24) is 0 Å². The van der Waals surface area contributed by atoms with E-state index >= 15 is 0 Å². The Balaban J connectivity index is 4.33. The molecule has 4 heteroatoms. The number of hydrogen-bond acceptors (Lipinski definition) is 2. The molecule has 17 heavy (non-hydrogen) atoms. The van der Waals surface area contributed by atoms with E-state index in [1.165, 1.54) is 0 Å². The third-order valence-electron chi connectivity index (χ3n) is 3.06. The van der Waals surface area contributed by atoms with Gasteiger partial charge in [0.1, 0.15) is 0 Å². The van der Waals surface area contributed by atoms with E-state index in [9.17, 15) is 0 Å². The van der Waals surface area contributed by atoms with Crippen LogP contribution < -0.4 is 0 Å². The Morgan fingerprint density at radius 2 is 1.47 bits per heavy atom. The van der Waals surface area contributed by atoms with E-state index in [-0.39, 0.29) is 11.1 Å². The first kappa shape index (κ1) is 16.9. The van der Waals surface area contributed by atoms with E-state index in [4.69, 9.17) is 8.85 Å². The van der Waals surface area contributed by atoms with Crippen LogP contribution in [0.1, 0.15) is 27.7 Å². The predicted octanol–water partition coefficient (Wildman–Crippen LogP) is 4.76. The van der Waals surface area contributed by atoms with Gasteiger partial charge in [-0.15, -0.1) is 0 Å². The maximum absolute atomic E-state index is 6.20. The zero-order chi connectivity index (χ0) is 13.9. The van der Waals surface area contributed by atoms with Crippen LogP contribution in [0.4, 0.5) is 0 Å². The SMILES string of the molecule is CC(/C=C/O[Si](C)(C)C)O[Si](C)(C)C(C)(C)C. The number of rotatable bonds is 5. The molecule has 0 aliphatic heterocycles. The second-order valence-electron chi connectivity index (χ2n) is 7.14. The zero-order valence-electron chi connectivity index (χ0n) is 13.0. The molecule has 0 aliphatic carbocycles. The van der Waals surface area contributed by atoms with Crippen LogP contribution in [-0.4, -0.2) is 22.7 Å². The van der Waals surface area contributed by atoms with Gasteiger partial charge in [-0.25, -0.2) is 0 Å². The molecule has 0 aromatic carbocycles. The Labute approximate surface area is 110 Å². The van der Waals surface area contributed by atoms with Crippen LogP contribution >= 0.6 is 0 Å². The van der Waals surface area contributed by atoms with Crippen molar-refractivity contribution < 1.29 is 8.85 Å². The monoisotopic (exact) mass is 274 g/mol. The highest BCUT2D eigenvalue weighted by molar-refractivity contribution is 6.74. The minimum Gasteiger partial charge on any atom is -0.550 e. The Kier molecular flexibility index (Phi) is 5.69. The molecule has 0 rings (SSSR count). The Morgan fingerprint density at radius 3 is 1.82 bits per heavy atom. The minimum atomic E-state index is -1.66. The third-order valence-corrected chi connectivity index (χ3v) is 8.47. The Hall–Kier alpha value is -0.0662. The second-order valence-corrected chi connectivity index (χ2v) is 16.4. The van der Waals surface area contributed by atoms with Gasteiger partial charge in [0.25, 0.3) is 0 Å². The first-order valence-electron chi connectivity index (χ1n) is 6.37. The lowest BCUT2D eigenvalue weighted by molar-refractivity contribution is 0.240. The van der Waals surface area contributed by atoms with Crippen LogP contribution in [0.2, 0.25) is 37.8 Å². The molecule has 2 nitrogen and oxygen atoms in total. The fourth-order valence-corrected chi connectivity index (χ4v) is 2.88. The molecular formula is C13H30O2Si2. The molecule has 0 fully saturated rings. The molecule has 0 bridgehead atoms. The summed E-state index contributed by atoms with van der Waals surface area (Å²) in [6, 6.07) is 0. The molecule has 0 aliphatic rings. The molecule has 1 unspecified atom stereocenters. The van der Waals surface area contributed by atoms with E-state index in [2.05, 4.69) is 60.4 Å².